The number of ether oxygens (including phenoxy) is 4. The fraction of sp³-hybridized carbons (Fsp3) is 0.625. The zero-order valence-corrected chi connectivity index (χ0v) is 19.2. The van der Waals surface area contributed by atoms with Crippen LogP contribution >= 0.6 is 0 Å². The zero-order valence-electron chi connectivity index (χ0n) is 19.2. The van der Waals surface area contributed by atoms with Gasteiger partial charge in [0.25, 0.3) is 12.2 Å². The summed E-state index contributed by atoms with van der Waals surface area (Å²) in [4.78, 5) is 44.8. The number of hydrogen-bond donors (Lipinski definition) is 0. The molecule has 1 aliphatic carbocycles. The van der Waals surface area contributed by atoms with Gasteiger partial charge in [-0.15, -0.1) is 0 Å². The number of Topliss-reactive ketones (excluding diaryl/α,β-unsaturated/α-hetero) is 1. The molecule has 7 atom stereocenters. The number of esters is 1. The number of fused-ring (bicyclic) bond motifs is 2. The summed E-state index contributed by atoms with van der Waals surface area (Å²) >= 11 is 0. The first-order chi connectivity index (χ1) is 15.8. The second-order valence-electron chi connectivity index (χ2n) is 9.86. The number of para-hydroxylation sites is 1. The van der Waals surface area contributed by atoms with Crippen molar-refractivity contribution in [2.24, 2.45) is 11.8 Å². The first-order valence-electron chi connectivity index (χ1n) is 11.5. The summed E-state index contributed by atoms with van der Waals surface area (Å²) < 4.78 is 23.9. The number of benzene rings is 1. The number of carbonyl (C=O) groups is 3. The lowest BCUT2D eigenvalue weighted by Gasteiger charge is -2.54. The predicted molar refractivity (Wildman–Crippen MR) is 115 cm³/mol. The summed E-state index contributed by atoms with van der Waals surface area (Å²) in [5.41, 5.74) is -1.75. The molecule has 7 unspecified atom stereocenters. The number of anilines is 1. The van der Waals surface area contributed by atoms with Crippen molar-refractivity contribution in [2.75, 3.05) is 32.1 Å². The van der Waals surface area contributed by atoms with Gasteiger partial charge in [0.15, 0.2) is 5.78 Å². The molecule has 6 rings (SSSR count). The van der Waals surface area contributed by atoms with Crippen LogP contribution in [0.15, 0.2) is 18.2 Å². The second-order valence-corrected chi connectivity index (χ2v) is 9.86. The van der Waals surface area contributed by atoms with E-state index in [9.17, 15) is 14.4 Å². The van der Waals surface area contributed by atoms with Crippen molar-refractivity contribution in [2.45, 2.75) is 56.3 Å². The normalized spacial score (nSPS) is 41.1. The number of hydrogen-bond acceptors (Lipinski definition) is 8. The van der Waals surface area contributed by atoms with Crippen LogP contribution in [0.25, 0.3) is 0 Å². The third-order valence-electron chi connectivity index (χ3n) is 8.33. The number of rotatable bonds is 2. The maximum atomic E-state index is 14.6. The van der Waals surface area contributed by atoms with Crippen LogP contribution in [-0.2, 0) is 34.0 Å². The van der Waals surface area contributed by atoms with Gasteiger partial charge in [0.1, 0.15) is 17.3 Å². The topological polar surface area (TPSA) is 94.6 Å². The molecule has 9 heteroatoms. The minimum Gasteiger partial charge on any atom is -0.453 e. The molecule has 0 N–H and O–H groups in total. The van der Waals surface area contributed by atoms with E-state index in [1.54, 1.807) is 6.07 Å². The molecule has 0 aromatic heterocycles. The van der Waals surface area contributed by atoms with E-state index in [0.717, 1.165) is 6.54 Å². The lowest BCUT2D eigenvalue weighted by Crippen LogP contribution is -2.76. The Morgan fingerprint density at radius 1 is 1.24 bits per heavy atom. The van der Waals surface area contributed by atoms with Crippen molar-refractivity contribution < 1.29 is 33.3 Å². The molecule has 33 heavy (non-hydrogen) atoms. The predicted octanol–water partition coefficient (Wildman–Crippen LogP) is 1.22. The highest BCUT2D eigenvalue weighted by molar-refractivity contribution is 6.11. The summed E-state index contributed by atoms with van der Waals surface area (Å²) in [5.74, 6) is -1.18. The number of carbonyl (C=O) groups excluding carboxylic acids is 3. The minimum absolute atomic E-state index is 0.0186. The largest absolute Gasteiger partial charge is 0.453 e. The molecule has 1 amide bonds. The molecular formula is C24H28N2O7. The number of amides is 1. The van der Waals surface area contributed by atoms with Crippen molar-refractivity contribution in [3.05, 3.63) is 23.8 Å². The number of nitrogens with zero attached hydrogens (tertiary/aromatic N) is 2. The molecule has 5 aliphatic rings. The summed E-state index contributed by atoms with van der Waals surface area (Å²) in [6.45, 7) is 4.62. The molecule has 176 valence electrons. The summed E-state index contributed by atoms with van der Waals surface area (Å²) in [5, 5.41) is 0. The van der Waals surface area contributed by atoms with Crippen LogP contribution in [0, 0.1) is 11.8 Å². The first kappa shape index (κ1) is 21.1. The molecule has 4 bridgehead atoms. The van der Waals surface area contributed by atoms with Gasteiger partial charge >= 0.3 is 5.97 Å². The Hall–Kier alpha value is -2.49. The van der Waals surface area contributed by atoms with Gasteiger partial charge in [0.05, 0.1) is 17.7 Å². The van der Waals surface area contributed by atoms with E-state index in [2.05, 4.69) is 4.90 Å². The van der Waals surface area contributed by atoms with Crippen LogP contribution in [0.3, 0.4) is 0 Å². The summed E-state index contributed by atoms with van der Waals surface area (Å²) in [7, 11) is 3.42. The van der Waals surface area contributed by atoms with E-state index >= 15 is 0 Å². The number of ketones is 1. The molecule has 4 aliphatic heterocycles. The lowest BCUT2D eigenvalue weighted by atomic mass is 9.55. The van der Waals surface area contributed by atoms with Crippen molar-refractivity contribution in [3.63, 3.8) is 0 Å². The third kappa shape index (κ3) is 2.30. The van der Waals surface area contributed by atoms with Gasteiger partial charge in [0, 0.05) is 20.0 Å². The summed E-state index contributed by atoms with van der Waals surface area (Å²) in [6, 6.07) is 5.43. The highest BCUT2D eigenvalue weighted by atomic mass is 16.7. The van der Waals surface area contributed by atoms with E-state index in [1.807, 2.05) is 26.1 Å². The Bertz CT molecular complexity index is 1070. The second kappa shape index (κ2) is 6.77. The van der Waals surface area contributed by atoms with E-state index < -0.39 is 35.4 Å². The monoisotopic (exact) mass is 456 g/mol. The standard InChI is InChI=1S/C24H28N2O7/c1-12-17-14-8-10-25(3)11-9-23(19(17)28)15-6-5-7-16-18(15)26(21(29)22(30-4)32-16)24(23,20(14)31-12)33-13(2)27/h5-7,12,14,17,20,22H,8-11H2,1-4H3. The van der Waals surface area contributed by atoms with Gasteiger partial charge in [0.2, 0.25) is 5.72 Å². The van der Waals surface area contributed by atoms with Crippen LogP contribution in [0.4, 0.5) is 5.69 Å². The highest BCUT2D eigenvalue weighted by Gasteiger charge is 2.82. The molecule has 9 nitrogen and oxygen atoms in total. The SMILES string of the molecule is COC1Oc2cccc3c2N(C1=O)C1(OC(C)=O)C2OC(C)C4C(=O)C31CCN(C)CCC42. The van der Waals surface area contributed by atoms with Gasteiger partial charge in [-0.1, -0.05) is 12.1 Å². The molecule has 1 spiro atoms. The molecule has 0 radical (unpaired) electrons. The Labute approximate surface area is 191 Å². The molecular weight excluding hydrogens is 428 g/mol. The van der Waals surface area contributed by atoms with Gasteiger partial charge < -0.3 is 23.8 Å². The highest BCUT2D eigenvalue weighted by Crippen LogP contribution is 2.68. The van der Waals surface area contributed by atoms with E-state index in [0.29, 0.717) is 36.4 Å². The van der Waals surface area contributed by atoms with Crippen molar-refractivity contribution in [3.8, 4) is 5.75 Å². The van der Waals surface area contributed by atoms with Gasteiger partial charge in [-0.3, -0.25) is 19.3 Å². The minimum atomic E-state index is -1.64. The van der Waals surface area contributed by atoms with Crippen LogP contribution < -0.4 is 9.64 Å². The molecule has 1 aromatic rings. The molecule has 2 saturated heterocycles. The quantitative estimate of drug-likeness (QED) is 0.614. The van der Waals surface area contributed by atoms with Gasteiger partial charge in [-0.2, -0.15) is 0 Å². The summed E-state index contributed by atoms with van der Waals surface area (Å²) in [6.07, 6.45) is -1.11. The first-order valence-corrected chi connectivity index (χ1v) is 11.5. The van der Waals surface area contributed by atoms with Crippen molar-refractivity contribution >= 4 is 23.3 Å². The van der Waals surface area contributed by atoms with E-state index in [4.69, 9.17) is 18.9 Å². The Morgan fingerprint density at radius 2 is 2.03 bits per heavy atom. The van der Waals surface area contributed by atoms with Gasteiger partial charge in [-0.05, 0) is 51.5 Å². The molecule has 4 heterocycles. The Balaban J connectivity index is 1.73. The van der Waals surface area contributed by atoms with Crippen molar-refractivity contribution in [1.82, 2.24) is 4.90 Å². The van der Waals surface area contributed by atoms with E-state index in [-0.39, 0.29) is 23.7 Å². The fourth-order valence-electron chi connectivity index (χ4n) is 7.16. The average Bonchev–Trinajstić information content (AvgIpc) is 3.24. The third-order valence-corrected chi connectivity index (χ3v) is 8.33. The zero-order chi connectivity index (χ0) is 23.3. The maximum Gasteiger partial charge on any atom is 0.304 e. The van der Waals surface area contributed by atoms with Crippen LogP contribution in [0.5, 0.6) is 5.75 Å². The van der Waals surface area contributed by atoms with Crippen LogP contribution in [0.1, 0.15) is 32.3 Å². The van der Waals surface area contributed by atoms with Crippen LogP contribution in [0.2, 0.25) is 0 Å². The van der Waals surface area contributed by atoms with Crippen LogP contribution in [-0.4, -0.2) is 74.0 Å². The maximum absolute atomic E-state index is 14.6. The molecule has 3 fully saturated rings. The van der Waals surface area contributed by atoms with Gasteiger partial charge in [-0.25, -0.2) is 0 Å². The average molecular weight is 456 g/mol. The molecule has 1 aromatic carbocycles. The Morgan fingerprint density at radius 3 is 2.76 bits per heavy atom. The lowest BCUT2D eigenvalue weighted by molar-refractivity contribution is -0.203. The molecule has 1 saturated carbocycles. The Kier molecular flexibility index (Phi) is 4.32. The fourth-order valence-corrected chi connectivity index (χ4v) is 7.16. The number of methoxy groups -OCH3 is 1. The van der Waals surface area contributed by atoms with E-state index in [1.165, 1.54) is 18.9 Å². The smallest absolute Gasteiger partial charge is 0.304 e. The van der Waals surface area contributed by atoms with Crippen molar-refractivity contribution in [1.29, 1.82) is 0 Å².